The van der Waals surface area contributed by atoms with E-state index in [0.717, 1.165) is 33.5 Å². The summed E-state index contributed by atoms with van der Waals surface area (Å²) in [4.78, 5) is 0. The van der Waals surface area contributed by atoms with Crippen molar-refractivity contribution in [2.75, 3.05) is 5.73 Å². The van der Waals surface area contributed by atoms with Crippen molar-refractivity contribution >= 4 is 13.8 Å². The van der Waals surface area contributed by atoms with Crippen LogP contribution in [0.5, 0.6) is 0 Å². The maximum absolute atomic E-state index is 5.69. The smallest absolute Gasteiger partial charge is 0.129 e. The Hall–Kier alpha value is -3.64. The molecule has 3 rings (SSSR count). The van der Waals surface area contributed by atoms with Crippen molar-refractivity contribution in [1.29, 1.82) is 0 Å². The van der Waals surface area contributed by atoms with Gasteiger partial charge in [0.15, 0.2) is 0 Å². The third kappa shape index (κ3) is 6.79. The van der Waals surface area contributed by atoms with Crippen LogP contribution in [0.2, 0.25) is 19.6 Å². The van der Waals surface area contributed by atoms with Crippen LogP contribution in [0.4, 0.5) is 5.69 Å². The summed E-state index contributed by atoms with van der Waals surface area (Å²) in [6.45, 7) is 6.73. The minimum Gasteiger partial charge on any atom is -0.399 e. The van der Waals surface area contributed by atoms with E-state index in [-0.39, 0.29) is 0 Å². The summed E-state index contributed by atoms with van der Waals surface area (Å²) in [5.41, 5.74) is 14.7. The van der Waals surface area contributed by atoms with Gasteiger partial charge in [-0.3, -0.25) is 0 Å². The van der Waals surface area contributed by atoms with Gasteiger partial charge in [-0.25, -0.2) is 0 Å². The largest absolute Gasteiger partial charge is 0.399 e. The molecule has 0 unspecified atom stereocenters. The van der Waals surface area contributed by atoms with E-state index in [0.29, 0.717) is 0 Å². The topological polar surface area (TPSA) is 26.0 Å². The number of hydrogen-bond acceptors (Lipinski definition) is 1. The highest BCUT2D eigenvalue weighted by Crippen LogP contribution is 2.07. The number of hydrogen-bond donors (Lipinski definition) is 1. The Morgan fingerprint density at radius 1 is 0.483 bits per heavy atom. The molecular weight excluding hydrogens is 366 g/mol. The SMILES string of the molecule is C[Si](C)(C)C#Cc1ccc(C#Cc2ccc(C#Cc3ccc(N)cc3)cc2)cc1. The first-order valence-corrected chi connectivity index (χ1v) is 13.0. The van der Waals surface area contributed by atoms with Crippen molar-refractivity contribution in [3.05, 3.63) is 101 Å². The fourth-order valence-corrected chi connectivity index (χ4v) is 2.91. The molecule has 3 aromatic carbocycles. The molecular formula is C27H23NSi. The first kappa shape index (κ1) is 20.1. The van der Waals surface area contributed by atoms with Gasteiger partial charge in [-0.05, 0) is 72.8 Å². The lowest BCUT2D eigenvalue weighted by molar-refractivity contribution is 1.58. The number of nitrogens with two attached hydrogens (primary N) is 1. The molecule has 0 radical (unpaired) electrons. The Morgan fingerprint density at radius 2 is 0.759 bits per heavy atom. The van der Waals surface area contributed by atoms with Crippen LogP contribution in [-0.2, 0) is 0 Å². The number of rotatable bonds is 0. The van der Waals surface area contributed by atoms with E-state index in [1.165, 1.54) is 0 Å². The molecule has 2 heteroatoms. The first-order chi connectivity index (χ1) is 13.9. The van der Waals surface area contributed by atoms with Gasteiger partial charge in [0.25, 0.3) is 0 Å². The van der Waals surface area contributed by atoms with Crippen LogP contribution in [0, 0.1) is 35.1 Å². The third-order valence-electron chi connectivity index (χ3n) is 3.96. The van der Waals surface area contributed by atoms with Crippen molar-refractivity contribution in [2.45, 2.75) is 19.6 Å². The molecule has 0 bridgehead atoms. The van der Waals surface area contributed by atoms with Crippen LogP contribution in [0.15, 0.2) is 72.8 Å². The van der Waals surface area contributed by atoms with Crippen LogP contribution >= 0.6 is 0 Å². The van der Waals surface area contributed by atoms with E-state index < -0.39 is 8.07 Å². The van der Waals surface area contributed by atoms with Gasteiger partial charge < -0.3 is 5.73 Å². The number of benzene rings is 3. The summed E-state index contributed by atoms with van der Waals surface area (Å²) in [5, 5.41) is 0. The predicted octanol–water partition coefficient (Wildman–Crippen LogP) is 5.30. The summed E-state index contributed by atoms with van der Waals surface area (Å²) < 4.78 is 0. The van der Waals surface area contributed by atoms with E-state index in [1.54, 1.807) is 0 Å². The van der Waals surface area contributed by atoms with Crippen molar-refractivity contribution in [3.8, 4) is 35.1 Å². The zero-order valence-corrected chi connectivity index (χ0v) is 18.0. The van der Waals surface area contributed by atoms with Gasteiger partial charge in [0.1, 0.15) is 8.07 Å². The monoisotopic (exact) mass is 389 g/mol. The Labute approximate surface area is 175 Å². The van der Waals surface area contributed by atoms with Crippen LogP contribution < -0.4 is 5.73 Å². The maximum atomic E-state index is 5.69. The first-order valence-electron chi connectivity index (χ1n) is 9.50. The molecule has 0 amide bonds. The van der Waals surface area contributed by atoms with E-state index in [1.807, 2.05) is 72.8 Å². The Kier molecular flexibility index (Phi) is 6.26. The number of nitrogen functional groups attached to an aromatic ring is 1. The number of anilines is 1. The molecule has 1 nitrogen and oxygen atoms in total. The Balaban J connectivity index is 1.67. The van der Waals surface area contributed by atoms with Gasteiger partial charge in [-0.1, -0.05) is 49.2 Å². The summed E-state index contributed by atoms with van der Waals surface area (Å²) in [6, 6.07) is 23.6. The summed E-state index contributed by atoms with van der Waals surface area (Å²) >= 11 is 0. The normalized spacial score (nSPS) is 9.90. The molecule has 29 heavy (non-hydrogen) atoms. The molecule has 0 aliphatic carbocycles. The molecule has 0 fully saturated rings. The second-order valence-corrected chi connectivity index (χ2v) is 12.5. The second-order valence-electron chi connectivity index (χ2n) is 7.78. The van der Waals surface area contributed by atoms with Gasteiger partial charge in [0.2, 0.25) is 0 Å². The highest BCUT2D eigenvalue weighted by Gasteiger charge is 2.07. The minimum atomic E-state index is -1.35. The average molecular weight is 390 g/mol. The van der Waals surface area contributed by atoms with Gasteiger partial charge in [0.05, 0.1) is 0 Å². The lowest BCUT2D eigenvalue weighted by atomic mass is 10.1. The highest BCUT2D eigenvalue weighted by molar-refractivity contribution is 6.83. The van der Waals surface area contributed by atoms with Crippen molar-refractivity contribution in [1.82, 2.24) is 0 Å². The molecule has 3 aromatic rings. The highest BCUT2D eigenvalue weighted by atomic mass is 28.3. The summed E-state index contributed by atoms with van der Waals surface area (Å²) in [6.07, 6.45) is 0. The average Bonchev–Trinajstić information content (AvgIpc) is 2.71. The van der Waals surface area contributed by atoms with Crippen molar-refractivity contribution in [2.24, 2.45) is 0 Å². The maximum Gasteiger partial charge on any atom is 0.129 e. The quantitative estimate of drug-likeness (QED) is 0.315. The van der Waals surface area contributed by atoms with Crippen LogP contribution in [0.3, 0.4) is 0 Å². The molecule has 0 spiro atoms. The van der Waals surface area contributed by atoms with Crippen LogP contribution in [-0.4, -0.2) is 8.07 Å². The van der Waals surface area contributed by atoms with Gasteiger partial charge in [-0.2, -0.15) is 0 Å². The zero-order chi connectivity index (χ0) is 20.7. The van der Waals surface area contributed by atoms with Crippen molar-refractivity contribution in [3.63, 3.8) is 0 Å². The van der Waals surface area contributed by atoms with E-state index in [4.69, 9.17) is 5.73 Å². The lowest BCUT2D eigenvalue weighted by Crippen LogP contribution is -2.16. The second kappa shape index (κ2) is 9.03. The molecule has 0 saturated heterocycles. The molecule has 0 heterocycles. The minimum absolute atomic E-state index is 0.743. The Morgan fingerprint density at radius 3 is 1.07 bits per heavy atom. The summed E-state index contributed by atoms with van der Waals surface area (Å²) in [5.74, 6) is 16.0. The fourth-order valence-electron chi connectivity index (χ4n) is 2.39. The van der Waals surface area contributed by atoms with Gasteiger partial charge in [-0.15, -0.1) is 5.54 Å². The standard InChI is InChI=1S/C27H23NSi/c1-29(2,3)21-20-26-14-12-24(13-15-26)9-8-22-4-6-23(7-5-22)10-11-25-16-18-27(28)19-17-25/h4-7,12-19H,28H2,1-3H3. The molecule has 2 N–H and O–H groups in total. The lowest BCUT2D eigenvalue weighted by Gasteiger charge is -2.03. The van der Waals surface area contributed by atoms with E-state index in [9.17, 15) is 0 Å². The Bertz CT molecular complexity index is 1160. The molecule has 0 aliphatic rings. The van der Waals surface area contributed by atoms with E-state index in [2.05, 4.69) is 54.8 Å². The third-order valence-corrected chi connectivity index (χ3v) is 4.84. The summed E-state index contributed by atoms with van der Waals surface area (Å²) in [7, 11) is -1.35. The van der Waals surface area contributed by atoms with Crippen LogP contribution in [0.1, 0.15) is 27.8 Å². The predicted molar refractivity (Wildman–Crippen MR) is 126 cm³/mol. The van der Waals surface area contributed by atoms with E-state index >= 15 is 0 Å². The molecule has 0 atom stereocenters. The molecule has 0 aliphatic heterocycles. The van der Waals surface area contributed by atoms with Gasteiger partial charge >= 0.3 is 0 Å². The zero-order valence-electron chi connectivity index (χ0n) is 17.0. The molecule has 140 valence electrons. The fraction of sp³-hybridized carbons (Fsp3) is 0.111. The molecule has 0 aromatic heterocycles. The molecule has 0 saturated carbocycles. The van der Waals surface area contributed by atoms with Crippen LogP contribution in [0.25, 0.3) is 0 Å². The van der Waals surface area contributed by atoms with Crippen molar-refractivity contribution < 1.29 is 0 Å². The van der Waals surface area contributed by atoms with Gasteiger partial charge in [0, 0.05) is 33.5 Å².